The van der Waals surface area contributed by atoms with Gasteiger partial charge in [0.25, 0.3) is 5.91 Å². The Bertz CT molecular complexity index is 354. The van der Waals surface area contributed by atoms with E-state index in [0.717, 1.165) is 5.69 Å². The van der Waals surface area contributed by atoms with Crippen molar-refractivity contribution in [2.75, 3.05) is 6.54 Å². The van der Waals surface area contributed by atoms with Crippen molar-refractivity contribution in [3.05, 3.63) is 30.1 Å². The number of aliphatic hydroxyl groups excluding tert-OH is 2. The maximum Gasteiger partial charge on any atom is 0.254 e. The van der Waals surface area contributed by atoms with Crippen molar-refractivity contribution >= 4 is 5.91 Å². The van der Waals surface area contributed by atoms with Crippen LogP contribution in [0.2, 0.25) is 0 Å². The van der Waals surface area contributed by atoms with Gasteiger partial charge in [0.2, 0.25) is 0 Å². The number of pyridine rings is 1. The number of aromatic nitrogens is 1. The highest BCUT2D eigenvalue weighted by molar-refractivity contribution is 5.81. The summed E-state index contributed by atoms with van der Waals surface area (Å²) >= 11 is 0. The molecule has 2 N–H and O–H groups in total. The Labute approximate surface area is 101 Å². The van der Waals surface area contributed by atoms with Crippen LogP contribution in [0.5, 0.6) is 0 Å². The van der Waals surface area contributed by atoms with E-state index >= 15 is 0 Å². The van der Waals surface area contributed by atoms with E-state index in [2.05, 4.69) is 4.98 Å². The number of nitrogens with zero attached hydrogens (tertiary/aromatic N) is 2. The first-order chi connectivity index (χ1) is 8.06. The second kappa shape index (κ2) is 6.32. The molecule has 5 nitrogen and oxygen atoms in total. The van der Waals surface area contributed by atoms with Crippen molar-refractivity contribution in [1.29, 1.82) is 0 Å². The van der Waals surface area contributed by atoms with Gasteiger partial charge >= 0.3 is 0 Å². The lowest BCUT2D eigenvalue weighted by molar-refractivity contribution is -0.145. The predicted octanol–water partition coefficient (Wildman–Crippen LogP) is 0.172. The average molecular weight is 238 g/mol. The highest BCUT2D eigenvalue weighted by Crippen LogP contribution is 2.05. The van der Waals surface area contributed by atoms with Gasteiger partial charge < -0.3 is 15.1 Å². The first-order valence-electron chi connectivity index (χ1n) is 5.61. The van der Waals surface area contributed by atoms with E-state index in [1.54, 1.807) is 12.3 Å². The third-order valence-corrected chi connectivity index (χ3v) is 2.48. The minimum absolute atomic E-state index is 0.333. The van der Waals surface area contributed by atoms with Crippen molar-refractivity contribution < 1.29 is 15.0 Å². The summed E-state index contributed by atoms with van der Waals surface area (Å²) in [6.45, 7) is 3.99. The number of aliphatic hydroxyl groups is 2. The Kier molecular flexibility index (Phi) is 5.06. The summed E-state index contributed by atoms with van der Waals surface area (Å²) in [5.41, 5.74) is 0.750. The van der Waals surface area contributed by atoms with Crippen LogP contribution in [0.25, 0.3) is 0 Å². The summed E-state index contributed by atoms with van der Waals surface area (Å²) in [4.78, 5) is 17.4. The van der Waals surface area contributed by atoms with Crippen molar-refractivity contribution in [1.82, 2.24) is 9.88 Å². The van der Waals surface area contributed by atoms with Crippen LogP contribution in [-0.2, 0) is 11.3 Å². The molecule has 0 spiro atoms. The van der Waals surface area contributed by atoms with E-state index in [1.165, 1.54) is 11.8 Å². The summed E-state index contributed by atoms with van der Waals surface area (Å²) in [6.07, 6.45) is -0.794. The molecule has 0 fully saturated rings. The lowest BCUT2D eigenvalue weighted by Crippen LogP contribution is -2.43. The molecule has 0 aliphatic heterocycles. The van der Waals surface area contributed by atoms with Gasteiger partial charge in [-0.3, -0.25) is 9.78 Å². The van der Waals surface area contributed by atoms with Crippen LogP contribution in [0.1, 0.15) is 19.5 Å². The number of hydrogen-bond donors (Lipinski definition) is 2. The van der Waals surface area contributed by atoms with Crippen LogP contribution < -0.4 is 0 Å². The van der Waals surface area contributed by atoms with Gasteiger partial charge in [-0.2, -0.15) is 0 Å². The first kappa shape index (κ1) is 13.6. The molecule has 0 bridgehead atoms. The number of carbonyl (C=O) groups is 1. The number of likely N-dealkylation sites (N-methyl/N-ethyl adjacent to an activating group) is 1. The minimum Gasteiger partial charge on any atom is -0.390 e. The lowest BCUT2D eigenvalue weighted by atomic mass is 10.2. The normalized spacial score (nSPS) is 14.1. The standard InChI is InChI=1S/C12H18N2O3/c1-3-14(12(17)11(16)9(2)15)8-10-6-4-5-7-13-10/h4-7,9,11,15-16H,3,8H2,1-2H3/t9-,11+/m0/s1. The molecule has 0 aliphatic rings. The second-order valence-electron chi connectivity index (χ2n) is 3.86. The lowest BCUT2D eigenvalue weighted by Gasteiger charge is -2.24. The van der Waals surface area contributed by atoms with Gasteiger partial charge in [-0.15, -0.1) is 0 Å². The fourth-order valence-electron chi connectivity index (χ4n) is 1.43. The fraction of sp³-hybridized carbons (Fsp3) is 0.500. The van der Waals surface area contributed by atoms with E-state index < -0.39 is 18.1 Å². The van der Waals surface area contributed by atoms with Gasteiger partial charge in [0, 0.05) is 12.7 Å². The van der Waals surface area contributed by atoms with Gasteiger partial charge in [0.05, 0.1) is 18.3 Å². The molecule has 5 heteroatoms. The van der Waals surface area contributed by atoms with E-state index in [4.69, 9.17) is 0 Å². The van der Waals surface area contributed by atoms with Crippen molar-refractivity contribution in [2.24, 2.45) is 0 Å². The molecule has 2 atom stereocenters. The van der Waals surface area contributed by atoms with Gasteiger partial charge in [0.1, 0.15) is 0 Å². The van der Waals surface area contributed by atoms with E-state index in [9.17, 15) is 15.0 Å². The Morgan fingerprint density at radius 2 is 2.18 bits per heavy atom. The molecule has 1 aromatic heterocycles. The molecule has 0 unspecified atom stereocenters. The average Bonchev–Trinajstić information content (AvgIpc) is 2.35. The Morgan fingerprint density at radius 1 is 1.47 bits per heavy atom. The van der Waals surface area contributed by atoms with Crippen molar-refractivity contribution in [3.8, 4) is 0 Å². The monoisotopic (exact) mass is 238 g/mol. The zero-order valence-corrected chi connectivity index (χ0v) is 10.1. The van der Waals surface area contributed by atoms with Crippen LogP contribution in [0.3, 0.4) is 0 Å². The molecule has 94 valence electrons. The first-order valence-corrected chi connectivity index (χ1v) is 5.61. The number of carbonyl (C=O) groups excluding carboxylic acids is 1. The quantitative estimate of drug-likeness (QED) is 0.767. The third kappa shape index (κ3) is 3.80. The Hall–Kier alpha value is -1.46. The molecule has 17 heavy (non-hydrogen) atoms. The highest BCUT2D eigenvalue weighted by Gasteiger charge is 2.25. The molecular weight excluding hydrogens is 220 g/mol. The summed E-state index contributed by atoms with van der Waals surface area (Å²) in [7, 11) is 0. The van der Waals surface area contributed by atoms with Gasteiger partial charge in [-0.25, -0.2) is 0 Å². The summed E-state index contributed by atoms with van der Waals surface area (Å²) in [6, 6.07) is 5.45. The van der Waals surface area contributed by atoms with E-state index in [0.29, 0.717) is 13.1 Å². The topological polar surface area (TPSA) is 73.7 Å². The summed E-state index contributed by atoms with van der Waals surface area (Å²) in [5.74, 6) is -0.479. The molecule has 1 rings (SSSR count). The Balaban J connectivity index is 2.69. The SMILES string of the molecule is CCN(Cc1ccccn1)C(=O)[C@H](O)[C@H](C)O. The maximum absolute atomic E-state index is 11.8. The number of hydrogen-bond acceptors (Lipinski definition) is 4. The summed E-state index contributed by atoms with van der Waals surface area (Å²) < 4.78 is 0. The van der Waals surface area contributed by atoms with Crippen LogP contribution >= 0.6 is 0 Å². The smallest absolute Gasteiger partial charge is 0.254 e. The molecule has 1 heterocycles. The third-order valence-electron chi connectivity index (χ3n) is 2.48. The zero-order chi connectivity index (χ0) is 12.8. The molecule has 0 radical (unpaired) electrons. The van der Waals surface area contributed by atoms with Gasteiger partial charge in [0.15, 0.2) is 6.10 Å². The van der Waals surface area contributed by atoms with Crippen LogP contribution in [0, 0.1) is 0 Å². The number of rotatable bonds is 5. The van der Waals surface area contributed by atoms with Crippen molar-refractivity contribution in [3.63, 3.8) is 0 Å². The van der Waals surface area contributed by atoms with Crippen LogP contribution in [-0.4, -0.2) is 44.8 Å². The van der Waals surface area contributed by atoms with Crippen molar-refractivity contribution in [2.45, 2.75) is 32.6 Å². The van der Waals surface area contributed by atoms with Crippen LogP contribution in [0.15, 0.2) is 24.4 Å². The fourth-order valence-corrected chi connectivity index (χ4v) is 1.43. The largest absolute Gasteiger partial charge is 0.390 e. The second-order valence-corrected chi connectivity index (χ2v) is 3.86. The van der Waals surface area contributed by atoms with E-state index in [1.807, 2.05) is 19.1 Å². The molecular formula is C12H18N2O3. The predicted molar refractivity (Wildman–Crippen MR) is 63.0 cm³/mol. The van der Waals surface area contributed by atoms with Gasteiger partial charge in [-0.1, -0.05) is 6.07 Å². The molecule has 0 aliphatic carbocycles. The van der Waals surface area contributed by atoms with Gasteiger partial charge in [-0.05, 0) is 26.0 Å². The molecule has 1 aromatic rings. The number of amides is 1. The Morgan fingerprint density at radius 3 is 2.65 bits per heavy atom. The maximum atomic E-state index is 11.8. The zero-order valence-electron chi connectivity index (χ0n) is 10.1. The molecule has 0 saturated heterocycles. The minimum atomic E-state index is -1.38. The van der Waals surface area contributed by atoms with E-state index in [-0.39, 0.29) is 0 Å². The molecule has 0 aromatic carbocycles. The molecule has 1 amide bonds. The molecule has 0 saturated carbocycles. The van der Waals surface area contributed by atoms with Crippen LogP contribution in [0.4, 0.5) is 0 Å². The highest BCUT2D eigenvalue weighted by atomic mass is 16.3. The summed E-state index contributed by atoms with van der Waals surface area (Å²) in [5, 5.41) is 18.7.